The highest BCUT2D eigenvalue weighted by molar-refractivity contribution is 6.13. The molecule has 0 atom stereocenters. The van der Waals surface area contributed by atoms with Crippen molar-refractivity contribution in [3.8, 4) is 17.2 Å². The molecule has 3 rings (SSSR count). The minimum atomic E-state index is -0.663. The number of hydrogen-bond acceptors (Lipinski definition) is 8. The number of nitrogens with one attached hydrogen (secondary N) is 1. The second-order valence-electron chi connectivity index (χ2n) is 5.91. The summed E-state index contributed by atoms with van der Waals surface area (Å²) in [4.78, 5) is 37.2. The Balaban J connectivity index is 1.83. The molecule has 152 valence electrons. The van der Waals surface area contributed by atoms with Crippen LogP contribution in [0.1, 0.15) is 21.9 Å². The van der Waals surface area contributed by atoms with Gasteiger partial charge < -0.3 is 29.1 Å². The topological polar surface area (TPSA) is 128 Å². The van der Waals surface area contributed by atoms with E-state index >= 15 is 0 Å². The first-order chi connectivity index (χ1) is 13.9. The summed E-state index contributed by atoms with van der Waals surface area (Å²) in [5, 5.41) is 12.4. The normalized spacial score (nSPS) is 14.9. The Hall–Kier alpha value is -3.95. The summed E-state index contributed by atoms with van der Waals surface area (Å²) in [7, 11) is 3.97. The van der Waals surface area contributed by atoms with E-state index in [4.69, 9.17) is 13.9 Å². The van der Waals surface area contributed by atoms with Crippen molar-refractivity contribution in [1.29, 1.82) is 0 Å². The quantitative estimate of drug-likeness (QED) is 0.426. The molecule has 1 fully saturated rings. The molecule has 1 aromatic heterocycles. The van der Waals surface area contributed by atoms with E-state index in [0.717, 1.165) is 4.90 Å². The fourth-order valence-corrected chi connectivity index (χ4v) is 2.71. The molecule has 2 aromatic rings. The van der Waals surface area contributed by atoms with Gasteiger partial charge in [-0.25, -0.2) is 9.59 Å². The van der Waals surface area contributed by atoms with Crippen LogP contribution in [0.5, 0.6) is 17.2 Å². The molecule has 1 aromatic carbocycles. The van der Waals surface area contributed by atoms with Crippen LogP contribution in [0.25, 0.3) is 6.08 Å². The molecule has 3 amide bonds. The van der Waals surface area contributed by atoms with Crippen molar-refractivity contribution >= 4 is 24.0 Å². The van der Waals surface area contributed by atoms with E-state index in [1.807, 2.05) is 0 Å². The van der Waals surface area contributed by atoms with Gasteiger partial charge in [-0.3, -0.25) is 9.69 Å². The van der Waals surface area contributed by atoms with Crippen LogP contribution in [0.3, 0.4) is 0 Å². The molecule has 0 aliphatic carbocycles. The number of benzene rings is 1. The highest BCUT2D eigenvalue weighted by Crippen LogP contribution is 2.37. The number of carbonyl (C=O) groups is 3. The standard InChI is InChI=1S/C19H18N2O8/c1-26-14-7-10(8-15(27-2)16(14)22)6-12-17(23)21(19(25)20-12)9-11-4-5-13(29-11)18(24)28-3/h4-8,22H,9H2,1-3H3,(H,20,25). The van der Waals surface area contributed by atoms with Crippen LogP contribution < -0.4 is 14.8 Å². The van der Waals surface area contributed by atoms with Crippen LogP contribution in [0.2, 0.25) is 0 Å². The smallest absolute Gasteiger partial charge is 0.373 e. The summed E-state index contributed by atoms with van der Waals surface area (Å²) >= 11 is 0. The van der Waals surface area contributed by atoms with Crippen molar-refractivity contribution in [2.24, 2.45) is 0 Å². The minimum absolute atomic E-state index is 0.0181. The van der Waals surface area contributed by atoms with Gasteiger partial charge in [0, 0.05) is 0 Å². The molecule has 0 spiro atoms. The number of carbonyl (C=O) groups excluding carboxylic acids is 3. The fraction of sp³-hybridized carbons (Fsp3) is 0.211. The molecule has 10 nitrogen and oxygen atoms in total. The second kappa shape index (κ2) is 7.97. The molecular weight excluding hydrogens is 384 g/mol. The van der Waals surface area contributed by atoms with E-state index in [0.29, 0.717) is 5.56 Å². The zero-order chi connectivity index (χ0) is 21.1. The van der Waals surface area contributed by atoms with E-state index in [1.165, 1.54) is 51.7 Å². The first-order valence-electron chi connectivity index (χ1n) is 8.34. The SMILES string of the molecule is COC(=O)c1ccc(CN2C(=O)NC(=Cc3cc(OC)c(O)c(OC)c3)C2=O)o1. The largest absolute Gasteiger partial charge is 0.502 e. The highest BCUT2D eigenvalue weighted by atomic mass is 16.5. The van der Waals surface area contributed by atoms with Crippen molar-refractivity contribution in [3.63, 3.8) is 0 Å². The van der Waals surface area contributed by atoms with Crippen molar-refractivity contribution < 1.29 is 38.1 Å². The van der Waals surface area contributed by atoms with Gasteiger partial charge in [0.1, 0.15) is 11.5 Å². The molecule has 1 saturated heterocycles. The Morgan fingerprint density at radius 2 is 1.83 bits per heavy atom. The van der Waals surface area contributed by atoms with E-state index in [9.17, 15) is 19.5 Å². The third-order valence-electron chi connectivity index (χ3n) is 4.14. The average molecular weight is 402 g/mol. The predicted octanol–water partition coefficient (Wildman–Crippen LogP) is 1.88. The van der Waals surface area contributed by atoms with Crippen LogP contribution in [-0.4, -0.2) is 49.2 Å². The number of nitrogens with zero attached hydrogens (tertiary/aromatic N) is 1. The zero-order valence-corrected chi connectivity index (χ0v) is 15.8. The summed E-state index contributed by atoms with van der Waals surface area (Å²) in [6, 6.07) is 5.20. The number of aromatic hydroxyl groups is 1. The lowest BCUT2D eigenvalue weighted by Crippen LogP contribution is -2.30. The summed E-state index contributed by atoms with van der Waals surface area (Å²) in [5.41, 5.74) is 0.484. The third kappa shape index (κ3) is 3.86. The van der Waals surface area contributed by atoms with Gasteiger partial charge >= 0.3 is 12.0 Å². The zero-order valence-electron chi connectivity index (χ0n) is 15.8. The van der Waals surface area contributed by atoms with Crippen molar-refractivity contribution in [2.75, 3.05) is 21.3 Å². The number of methoxy groups -OCH3 is 3. The first-order valence-corrected chi connectivity index (χ1v) is 8.34. The van der Waals surface area contributed by atoms with E-state index in [2.05, 4.69) is 10.1 Å². The first kappa shape index (κ1) is 19.8. The Morgan fingerprint density at radius 1 is 1.17 bits per heavy atom. The highest BCUT2D eigenvalue weighted by Gasteiger charge is 2.34. The maximum atomic E-state index is 12.6. The number of ether oxygens (including phenoxy) is 3. The van der Waals surface area contributed by atoms with Gasteiger partial charge in [0.15, 0.2) is 11.5 Å². The van der Waals surface area contributed by atoms with Gasteiger partial charge in [0.2, 0.25) is 11.5 Å². The molecule has 0 radical (unpaired) electrons. The Kier molecular flexibility index (Phi) is 5.44. The van der Waals surface area contributed by atoms with Crippen molar-refractivity contribution in [1.82, 2.24) is 10.2 Å². The second-order valence-corrected chi connectivity index (χ2v) is 5.91. The Morgan fingerprint density at radius 3 is 2.41 bits per heavy atom. The third-order valence-corrected chi connectivity index (χ3v) is 4.14. The average Bonchev–Trinajstić information content (AvgIpc) is 3.29. The Labute approximate surface area is 165 Å². The minimum Gasteiger partial charge on any atom is -0.502 e. The lowest BCUT2D eigenvalue weighted by molar-refractivity contribution is -0.123. The van der Waals surface area contributed by atoms with Gasteiger partial charge in [-0.05, 0) is 35.9 Å². The molecule has 2 heterocycles. The lowest BCUT2D eigenvalue weighted by Gasteiger charge is -2.10. The maximum Gasteiger partial charge on any atom is 0.373 e. The predicted molar refractivity (Wildman–Crippen MR) is 98.3 cm³/mol. The van der Waals surface area contributed by atoms with Crippen LogP contribution in [-0.2, 0) is 16.1 Å². The van der Waals surface area contributed by atoms with Gasteiger partial charge in [0.25, 0.3) is 5.91 Å². The van der Waals surface area contributed by atoms with Crippen LogP contribution in [0.4, 0.5) is 4.79 Å². The number of furan rings is 1. The summed E-state index contributed by atoms with van der Waals surface area (Å²) in [6.45, 7) is -0.165. The van der Waals surface area contributed by atoms with Gasteiger partial charge in [-0.15, -0.1) is 0 Å². The number of rotatable bonds is 6. The molecule has 1 aliphatic rings. The molecule has 0 bridgehead atoms. The van der Waals surface area contributed by atoms with Crippen molar-refractivity contribution in [3.05, 3.63) is 47.0 Å². The number of phenols is 1. The fourth-order valence-electron chi connectivity index (χ4n) is 2.71. The number of phenolic OH excluding ortho intramolecular Hbond substituents is 1. The summed E-state index contributed by atoms with van der Waals surface area (Å²) in [6.07, 6.45) is 1.42. The molecule has 2 N–H and O–H groups in total. The number of urea groups is 1. The van der Waals surface area contributed by atoms with Crippen LogP contribution >= 0.6 is 0 Å². The van der Waals surface area contributed by atoms with Gasteiger partial charge in [-0.1, -0.05) is 0 Å². The summed E-state index contributed by atoms with van der Waals surface area (Å²) < 4.78 is 20.0. The van der Waals surface area contributed by atoms with Crippen molar-refractivity contribution in [2.45, 2.75) is 6.54 Å². The lowest BCUT2D eigenvalue weighted by atomic mass is 10.1. The molecule has 1 aliphatic heterocycles. The van der Waals surface area contributed by atoms with Crippen LogP contribution in [0, 0.1) is 0 Å². The number of hydrogen-bond donors (Lipinski definition) is 2. The van der Waals surface area contributed by atoms with Gasteiger partial charge in [-0.2, -0.15) is 0 Å². The number of esters is 1. The molecule has 29 heavy (non-hydrogen) atoms. The Bertz CT molecular complexity index is 982. The molecule has 0 unspecified atom stereocenters. The monoisotopic (exact) mass is 402 g/mol. The van der Waals surface area contributed by atoms with Crippen LogP contribution in [0.15, 0.2) is 34.4 Å². The number of amides is 3. The van der Waals surface area contributed by atoms with E-state index in [-0.39, 0.29) is 41.0 Å². The number of imide groups is 1. The van der Waals surface area contributed by atoms with E-state index in [1.54, 1.807) is 0 Å². The van der Waals surface area contributed by atoms with Gasteiger partial charge in [0.05, 0.1) is 27.9 Å². The molecule has 0 saturated carbocycles. The summed E-state index contributed by atoms with van der Waals surface area (Å²) in [5.74, 6) is -0.927. The maximum absolute atomic E-state index is 12.6. The molecule has 10 heteroatoms. The van der Waals surface area contributed by atoms with E-state index < -0.39 is 17.9 Å². The molecular formula is C19H18N2O8.